The second-order valence-corrected chi connectivity index (χ2v) is 0.446. The minimum atomic E-state index is -5.25. The van der Waals surface area contributed by atoms with Crippen LogP contribution in [0.5, 0.6) is 0 Å². The molecule has 0 heterocycles. The number of nitriles is 1. The molecular weight excluding hydrogens is 111 g/mol. The molecule has 0 unspecified atom stereocenters. The molecule has 0 aliphatic rings. The summed E-state index contributed by atoms with van der Waals surface area (Å²) in [7, 11) is 0. The Morgan fingerprint density at radius 2 is 1.29 bits per heavy atom. The van der Waals surface area contributed by atoms with Crippen molar-refractivity contribution in [1.82, 2.24) is 0 Å². The third-order valence-electron chi connectivity index (χ3n) is 0. The lowest BCUT2D eigenvalue weighted by molar-refractivity contribution is -0.331. The number of alkyl halides is 3. The molecule has 0 aliphatic heterocycles. The van der Waals surface area contributed by atoms with Gasteiger partial charge >= 0.3 is 6.36 Å². The van der Waals surface area contributed by atoms with E-state index in [1.807, 2.05) is 0 Å². The summed E-state index contributed by atoms with van der Waals surface area (Å²) in [5.74, 6) is 0. The van der Waals surface area contributed by atoms with Gasteiger partial charge < -0.3 is 0 Å². The van der Waals surface area contributed by atoms with Crippen LogP contribution in [0.1, 0.15) is 0 Å². The molecule has 0 aliphatic carbocycles. The van der Waals surface area contributed by atoms with Crippen molar-refractivity contribution in [3.05, 3.63) is 0 Å². The SMILES string of the molecule is C#N.[O]C(F)(F)F. The molecule has 0 fully saturated rings. The summed E-state index contributed by atoms with van der Waals surface area (Å²) < 4.78 is 29.4. The Bertz CT molecular complexity index is 49.7. The maximum atomic E-state index is 9.80. The number of nitrogens with zero attached hydrogens (tertiary/aromatic N) is 1. The molecule has 0 amide bonds. The highest BCUT2D eigenvalue weighted by Crippen LogP contribution is 2.07. The minimum Gasteiger partial charge on any atom is -0.202 e. The lowest BCUT2D eigenvalue weighted by Crippen LogP contribution is -1.99. The Hall–Kier alpha value is -0.760. The van der Waals surface area contributed by atoms with E-state index < -0.39 is 6.36 Å². The minimum absolute atomic E-state index is 3.50. The Kier molecular flexibility index (Phi) is 4.67. The monoisotopic (exact) mass is 112 g/mol. The van der Waals surface area contributed by atoms with Gasteiger partial charge in [0.05, 0.1) is 0 Å². The van der Waals surface area contributed by atoms with Crippen molar-refractivity contribution in [1.29, 1.82) is 5.26 Å². The zero-order valence-electron chi connectivity index (χ0n) is 3.07. The molecule has 0 saturated carbocycles. The maximum Gasteiger partial charge on any atom is 0.549 e. The van der Waals surface area contributed by atoms with E-state index >= 15 is 0 Å². The highest BCUT2D eigenvalue weighted by atomic mass is 19.4. The van der Waals surface area contributed by atoms with Crippen LogP contribution >= 0.6 is 0 Å². The highest BCUT2D eigenvalue weighted by Gasteiger charge is 2.24. The van der Waals surface area contributed by atoms with E-state index in [1.165, 1.54) is 0 Å². The molecule has 0 saturated heterocycles. The van der Waals surface area contributed by atoms with Crippen LogP contribution in [0.3, 0.4) is 0 Å². The summed E-state index contributed by atoms with van der Waals surface area (Å²) in [6.07, 6.45) is -5.25. The van der Waals surface area contributed by atoms with Crippen LogP contribution in [0.15, 0.2) is 0 Å². The number of hydrogen-bond acceptors (Lipinski definition) is 1. The Balaban J connectivity index is 0. The molecule has 0 atom stereocenters. The van der Waals surface area contributed by atoms with Gasteiger partial charge in [-0.2, -0.15) is 0 Å². The first kappa shape index (κ1) is 9.53. The molecule has 1 radical (unpaired) electrons. The van der Waals surface area contributed by atoms with E-state index in [0.717, 1.165) is 0 Å². The molecule has 0 aromatic rings. The molecule has 41 valence electrons. The molecule has 0 N–H and O–H groups in total. The second kappa shape index (κ2) is 3.43. The molecule has 0 aromatic heterocycles. The van der Waals surface area contributed by atoms with Gasteiger partial charge in [0, 0.05) is 6.57 Å². The van der Waals surface area contributed by atoms with Gasteiger partial charge in [-0.3, -0.25) is 0 Å². The van der Waals surface area contributed by atoms with E-state index in [2.05, 4.69) is 6.57 Å². The van der Waals surface area contributed by atoms with Gasteiger partial charge in [-0.25, -0.2) is 5.26 Å². The van der Waals surface area contributed by atoms with Gasteiger partial charge in [0.25, 0.3) is 0 Å². The topological polar surface area (TPSA) is 43.7 Å². The van der Waals surface area contributed by atoms with Crippen LogP contribution in [-0.4, -0.2) is 6.36 Å². The summed E-state index contributed by atoms with van der Waals surface area (Å²) in [6.45, 7) is 3.50. The van der Waals surface area contributed by atoms with Crippen LogP contribution < -0.4 is 0 Å². The van der Waals surface area contributed by atoms with E-state index in [1.54, 1.807) is 0 Å². The van der Waals surface area contributed by atoms with Gasteiger partial charge in [-0.05, 0) is 0 Å². The Labute approximate surface area is 37.8 Å². The van der Waals surface area contributed by atoms with Crippen molar-refractivity contribution < 1.29 is 18.3 Å². The fraction of sp³-hybridized carbons (Fsp3) is 0.500. The van der Waals surface area contributed by atoms with Crippen molar-refractivity contribution in [2.75, 3.05) is 0 Å². The van der Waals surface area contributed by atoms with Crippen LogP contribution in [0.4, 0.5) is 13.2 Å². The second-order valence-electron chi connectivity index (χ2n) is 0.446. The smallest absolute Gasteiger partial charge is 0.202 e. The van der Waals surface area contributed by atoms with Gasteiger partial charge in [0.1, 0.15) is 0 Å². The summed E-state index contributed by atoms with van der Waals surface area (Å²) in [5, 5.41) is 14.6. The first-order valence-electron chi connectivity index (χ1n) is 1.03. The highest BCUT2D eigenvalue weighted by molar-refractivity contribution is 4.05. The maximum absolute atomic E-state index is 9.80. The first-order chi connectivity index (χ1) is 3.00. The van der Waals surface area contributed by atoms with Crippen molar-refractivity contribution >= 4 is 0 Å². The predicted octanol–water partition coefficient (Wildman–Crippen LogP) is 1.08. The van der Waals surface area contributed by atoms with Crippen LogP contribution in [0.2, 0.25) is 0 Å². The van der Waals surface area contributed by atoms with Crippen LogP contribution in [-0.2, 0) is 5.11 Å². The van der Waals surface area contributed by atoms with Crippen molar-refractivity contribution in [3.8, 4) is 6.57 Å². The van der Waals surface area contributed by atoms with E-state index in [0.29, 0.717) is 0 Å². The van der Waals surface area contributed by atoms with E-state index in [9.17, 15) is 13.2 Å². The van der Waals surface area contributed by atoms with Crippen LogP contribution in [0.25, 0.3) is 0 Å². The van der Waals surface area contributed by atoms with Crippen molar-refractivity contribution in [2.24, 2.45) is 0 Å². The summed E-state index contributed by atoms with van der Waals surface area (Å²) >= 11 is 0. The first-order valence-corrected chi connectivity index (χ1v) is 1.03. The molecule has 2 nitrogen and oxygen atoms in total. The fourth-order valence-corrected chi connectivity index (χ4v) is 0. The molecule has 0 spiro atoms. The largest absolute Gasteiger partial charge is 0.549 e. The van der Waals surface area contributed by atoms with Gasteiger partial charge in [0.2, 0.25) is 0 Å². The van der Waals surface area contributed by atoms with Crippen molar-refractivity contribution in [2.45, 2.75) is 6.36 Å². The zero-order chi connectivity index (χ0) is 6.50. The van der Waals surface area contributed by atoms with Gasteiger partial charge in [-0.15, -0.1) is 18.3 Å². The lowest BCUT2D eigenvalue weighted by Gasteiger charge is -1.82. The molecule has 0 aromatic carbocycles. The predicted molar refractivity (Wildman–Crippen MR) is 13.4 cm³/mol. The summed E-state index contributed by atoms with van der Waals surface area (Å²) in [5.41, 5.74) is 0. The Morgan fingerprint density at radius 1 is 1.29 bits per heavy atom. The number of hydrogen-bond donors (Lipinski definition) is 0. The third kappa shape index (κ3) is 95.2. The summed E-state index contributed by atoms with van der Waals surface area (Å²) in [4.78, 5) is 0. The van der Waals surface area contributed by atoms with Gasteiger partial charge in [-0.1, -0.05) is 0 Å². The number of rotatable bonds is 0. The fourth-order valence-electron chi connectivity index (χ4n) is 0. The molecule has 5 heteroatoms. The standard InChI is InChI=1S/CF3O.CHN/c2-1(3,4)5;1-2/h;1H. The number of halogens is 3. The molecule has 7 heavy (non-hydrogen) atoms. The van der Waals surface area contributed by atoms with E-state index in [4.69, 9.17) is 10.4 Å². The average molecular weight is 112 g/mol. The van der Waals surface area contributed by atoms with Gasteiger partial charge in [0.15, 0.2) is 0 Å². The average Bonchev–Trinajstić information content (AvgIpc) is 1.36. The Morgan fingerprint density at radius 3 is 1.29 bits per heavy atom. The van der Waals surface area contributed by atoms with Crippen LogP contribution in [0, 0.1) is 11.8 Å². The molecule has 0 rings (SSSR count). The molecular formula is C2HF3NO. The lowest BCUT2D eigenvalue weighted by atomic mass is 11.4. The summed E-state index contributed by atoms with van der Waals surface area (Å²) in [6, 6.07) is 0. The molecule has 0 bridgehead atoms. The normalized spacial score (nSPS) is 8.86. The quantitative estimate of drug-likeness (QED) is 0.462. The third-order valence-corrected chi connectivity index (χ3v) is 0. The van der Waals surface area contributed by atoms with E-state index in [-0.39, 0.29) is 0 Å². The van der Waals surface area contributed by atoms with Crippen molar-refractivity contribution in [3.63, 3.8) is 0 Å². The zero-order valence-corrected chi connectivity index (χ0v) is 3.07.